The fraction of sp³-hybridized carbons (Fsp3) is 0.353. The number of carbonyl (C=O) groups excluding carboxylic acids is 1. The fourth-order valence-electron chi connectivity index (χ4n) is 3.16. The van der Waals surface area contributed by atoms with Crippen LogP contribution in [0.5, 0.6) is 11.5 Å². The summed E-state index contributed by atoms with van der Waals surface area (Å²) in [6.45, 7) is 0.513. The maximum absolute atomic E-state index is 12.0. The van der Waals surface area contributed by atoms with Crippen LogP contribution < -0.4 is 9.47 Å². The van der Waals surface area contributed by atoms with Gasteiger partial charge in [-0.25, -0.2) is 0 Å². The van der Waals surface area contributed by atoms with Crippen molar-refractivity contribution in [3.8, 4) is 11.5 Å². The Kier molecular flexibility index (Phi) is 3.46. The summed E-state index contributed by atoms with van der Waals surface area (Å²) >= 11 is 0. The number of esters is 1. The lowest BCUT2D eigenvalue weighted by Crippen LogP contribution is -2.25. The molecule has 120 valence electrons. The third kappa shape index (κ3) is 2.55. The number of aliphatic hydroxyl groups is 1. The summed E-state index contributed by atoms with van der Waals surface area (Å²) in [5.41, 5.74) is 1.01. The van der Waals surface area contributed by atoms with Gasteiger partial charge in [0.2, 0.25) is 6.79 Å². The van der Waals surface area contributed by atoms with Gasteiger partial charge < -0.3 is 23.7 Å². The summed E-state index contributed by atoms with van der Waals surface area (Å²) in [5.74, 6) is 0.661. The molecule has 0 spiro atoms. The number of furan rings is 1. The average Bonchev–Trinajstić information content (AvgIpc) is 3.27. The zero-order valence-corrected chi connectivity index (χ0v) is 12.3. The fourth-order valence-corrected chi connectivity index (χ4v) is 3.16. The van der Waals surface area contributed by atoms with Crippen molar-refractivity contribution in [1.29, 1.82) is 0 Å². The second-order valence-corrected chi connectivity index (χ2v) is 5.77. The molecule has 2 aromatic rings. The molecular formula is C17H16O6. The van der Waals surface area contributed by atoms with Gasteiger partial charge in [0.15, 0.2) is 11.5 Å². The van der Waals surface area contributed by atoms with Crippen LogP contribution in [0.15, 0.2) is 41.0 Å². The van der Waals surface area contributed by atoms with E-state index in [2.05, 4.69) is 0 Å². The summed E-state index contributed by atoms with van der Waals surface area (Å²) in [6, 6.07) is 9.04. The normalized spacial score (nSPS) is 23.8. The minimum atomic E-state index is -1.00. The van der Waals surface area contributed by atoms with Crippen LogP contribution in [0.2, 0.25) is 0 Å². The molecule has 0 radical (unpaired) electrons. The molecule has 3 atom stereocenters. The van der Waals surface area contributed by atoms with E-state index >= 15 is 0 Å². The molecule has 2 aliphatic heterocycles. The minimum Gasteiger partial charge on any atom is -0.467 e. The standard InChI is InChI=1S/C17H16O6/c18-16(13-2-1-5-20-13)15-11(8-21-17(15)19)6-10-3-4-12-14(7-10)23-9-22-12/h1-5,7,11,15-16,18H,6,8-9H2/t11-,15-,16+/m0/s1. The molecule has 0 amide bonds. The van der Waals surface area contributed by atoms with E-state index in [1.807, 2.05) is 18.2 Å². The van der Waals surface area contributed by atoms with Gasteiger partial charge in [-0.2, -0.15) is 0 Å². The van der Waals surface area contributed by atoms with Crippen LogP contribution in [0, 0.1) is 11.8 Å². The first-order chi connectivity index (χ1) is 11.2. The van der Waals surface area contributed by atoms with Crippen LogP contribution in [-0.2, 0) is 16.0 Å². The molecule has 1 saturated heterocycles. The molecule has 0 saturated carbocycles. The molecule has 0 aliphatic carbocycles. The Morgan fingerprint density at radius 3 is 2.87 bits per heavy atom. The molecule has 4 rings (SSSR count). The first-order valence-electron chi connectivity index (χ1n) is 7.49. The topological polar surface area (TPSA) is 78.1 Å². The van der Waals surface area contributed by atoms with Crippen molar-refractivity contribution in [2.45, 2.75) is 12.5 Å². The molecule has 0 bridgehead atoms. The summed E-state index contributed by atoms with van der Waals surface area (Å²) in [7, 11) is 0. The lowest BCUT2D eigenvalue weighted by atomic mass is 9.84. The number of ether oxygens (including phenoxy) is 3. The molecule has 6 nitrogen and oxygen atoms in total. The number of rotatable bonds is 4. The molecule has 6 heteroatoms. The van der Waals surface area contributed by atoms with Gasteiger partial charge in [-0.1, -0.05) is 6.07 Å². The predicted molar refractivity (Wildman–Crippen MR) is 77.9 cm³/mol. The van der Waals surface area contributed by atoms with E-state index in [4.69, 9.17) is 18.6 Å². The second kappa shape index (κ2) is 5.62. The highest BCUT2D eigenvalue weighted by atomic mass is 16.7. The van der Waals surface area contributed by atoms with E-state index in [0.29, 0.717) is 17.9 Å². The molecule has 23 heavy (non-hydrogen) atoms. The van der Waals surface area contributed by atoms with Crippen molar-refractivity contribution >= 4 is 5.97 Å². The Bertz CT molecular complexity index is 708. The van der Waals surface area contributed by atoms with Gasteiger partial charge in [0.25, 0.3) is 0 Å². The lowest BCUT2D eigenvalue weighted by Gasteiger charge is -2.19. The van der Waals surface area contributed by atoms with Crippen LogP contribution in [0.4, 0.5) is 0 Å². The molecule has 1 aromatic carbocycles. The van der Waals surface area contributed by atoms with Crippen LogP contribution >= 0.6 is 0 Å². The zero-order valence-electron chi connectivity index (χ0n) is 12.3. The van der Waals surface area contributed by atoms with E-state index < -0.39 is 12.0 Å². The maximum Gasteiger partial charge on any atom is 0.312 e. The van der Waals surface area contributed by atoms with Gasteiger partial charge in [-0.05, 0) is 36.2 Å². The van der Waals surface area contributed by atoms with Crippen molar-refractivity contribution in [3.63, 3.8) is 0 Å². The Labute approximate surface area is 132 Å². The largest absolute Gasteiger partial charge is 0.467 e. The number of fused-ring (bicyclic) bond motifs is 1. The Morgan fingerprint density at radius 1 is 1.17 bits per heavy atom. The Balaban J connectivity index is 1.54. The van der Waals surface area contributed by atoms with Crippen molar-refractivity contribution in [2.24, 2.45) is 11.8 Å². The summed E-state index contributed by atoms with van der Waals surface area (Å²) in [4.78, 5) is 12.0. The highest BCUT2D eigenvalue weighted by Crippen LogP contribution is 2.38. The van der Waals surface area contributed by atoms with Crippen molar-refractivity contribution in [3.05, 3.63) is 47.9 Å². The maximum atomic E-state index is 12.0. The van der Waals surface area contributed by atoms with Crippen LogP contribution in [-0.4, -0.2) is 24.5 Å². The summed E-state index contributed by atoms with van der Waals surface area (Å²) in [5, 5.41) is 10.4. The van der Waals surface area contributed by atoms with Crippen LogP contribution in [0.1, 0.15) is 17.4 Å². The van der Waals surface area contributed by atoms with Gasteiger partial charge >= 0.3 is 5.97 Å². The predicted octanol–water partition coefficient (Wildman–Crippen LogP) is 2.07. The van der Waals surface area contributed by atoms with E-state index in [-0.39, 0.29) is 25.3 Å². The molecule has 1 fully saturated rings. The van der Waals surface area contributed by atoms with Gasteiger partial charge in [0.05, 0.1) is 18.8 Å². The highest BCUT2D eigenvalue weighted by Gasteiger charge is 2.43. The van der Waals surface area contributed by atoms with Gasteiger partial charge in [-0.15, -0.1) is 0 Å². The monoisotopic (exact) mass is 316 g/mol. The van der Waals surface area contributed by atoms with Crippen molar-refractivity contribution in [2.75, 3.05) is 13.4 Å². The number of carbonyl (C=O) groups is 1. The third-order valence-corrected chi connectivity index (χ3v) is 4.33. The molecule has 0 unspecified atom stereocenters. The second-order valence-electron chi connectivity index (χ2n) is 5.77. The molecule has 2 aliphatic rings. The molecule has 3 heterocycles. The quantitative estimate of drug-likeness (QED) is 0.870. The van der Waals surface area contributed by atoms with Gasteiger partial charge in [-0.3, -0.25) is 4.79 Å². The number of hydrogen-bond donors (Lipinski definition) is 1. The molecular weight excluding hydrogens is 300 g/mol. The van der Waals surface area contributed by atoms with Crippen molar-refractivity contribution in [1.82, 2.24) is 0 Å². The van der Waals surface area contributed by atoms with Crippen LogP contribution in [0.3, 0.4) is 0 Å². The van der Waals surface area contributed by atoms with Gasteiger partial charge in [0.1, 0.15) is 11.9 Å². The zero-order chi connectivity index (χ0) is 15.8. The van der Waals surface area contributed by atoms with E-state index in [0.717, 1.165) is 11.3 Å². The number of cyclic esters (lactones) is 1. The first-order valence-corrected chi connectivity index (χ1v) is 7.49. The van der Waals surface area contributed by atoms with E-state index in [9.17, 15) is 9.90 Å². The average molecular weight is 316 g/mol. The van der Waals surface area contributed by atoms with Crippen LogP contribution in [0.25, 0.3) is 0 Å². The highest BCUT2D eigenvalue weighted by molar-refractivity contribution is 5.75. The Hall–Kier alpha value is -2.47. The first kappa shape index (κ1) is 14.1. The number of aliphatic hydroxyl groups excluding tert-OH is 1. The number of benzene rings is 1. The van der Waals surface area contributed by atoms with Gasteiger partial charge in [0, 0.05) is 5.92 Å². The lowest BCUT2D eigenvalue weighted by molar-refractivity contribution is -0.144. The molecule has 1 N–H and O–H groups in total. The number of hydrogen-bond acceptors (Lipinski definition) is 6. The Morgan fingerprint density at radius 2 is 2.04 bits per heavy atom. The smallest absolute Gasteiger partial charge is 0.312 e. The summed E-state index contributed by atoms with van der Waals surface area (Å²) < 4.78 is 21.1. The van der Waals surface area contributed by atoms with E-state index in [1.54, 1.807) is 12.1 Å². The minimum absolute atomic E-state index is 0.122. The van der Waals surface area contributed by atoms with E-state index in [1.165, 1.54) is 6.26 Å². The third-order valence-electron chi connectivity index (χ3n) is 4.33. The molecule has 1 aromatic heterocycles. The van der Waals surface area contributed by atoms with Crippen molar-refractivity contribution < 1.29 is 28.5 Å². The summed E-state index contributed by atoms with van der Waals surface area (Å²) in [6.07, 6.45) is 1.08. The SMILES string of the molecule is O=C1OC[C@H](Cc2ccc3c(c2)OCO3)[C@H]1[C@H](O)c1ccco1.